The van der Waals surface area contributed by atoms with E-state index in [9.17, 15) is 19.5 Å². The first-order valence-corrected chi connectivity index (χ1v) is 6.17. The number of halogens is 1. The molecule has 5 atom stereocenters. The summed E-state index contributed by atoms with van der Waals surface area (Å²) in [6.45, 7) is -2.60. The highest BCUT2D eigenvalue weighted by atomic mass is 35.5. The van der Waals surface area contributed by atoms with Crippen molar-refractivity contribution in [3.8, 4) is 0 Å². The van der Waals surface area contributed by atoms with E-state index < -0.39 is 75.2 Å². The van der Waals surface area contributed by atoms with Crippen molar-refractivity contribution < 1.29 is 42.5 Å². The molecule has 0 aromatic carbocycles. The molecule has 0 bridgehead atoms. The molecule has 9 heteroatoms. The van der Waals surface area contributed by atoms with Gasteiger partial charge in [-0.15, -0.1) is 0 Å². The number of esters is 3. The van der Waals surface area contributed by atoms with Crippen LogP contribution in [-0.2, 0) is 33.3 Å². The lowest BCUT2D eigenvalue weighted by Gasteiger charge is -2.41. The Hall–Kier alpha value is -1.38. The molecular formula is C12H17ClO8. The van der Waals surface area contributed by atoms with Crippen LogP contribution < -0.4 is 0 Å². The zero-order valence-corrected chi connectivity index (χ0v) is 11.7. The van der Waals surface area contributed by atoms with Crippen molar-refractivity contribution in [2.45, 2.75) is 50.7 Å². The van der Waals surface area contributed by atoms with Gasteiger partial charge >= 0.3 is 17.9 Å². The second kappa shape index (κ2) is 7.58. The first kappa shape index (κ1) is 13.3. The molecule has 1 aliphatic rings. The van der Waals surface area contributed by atoms with Gasteiger partial charge < -0.3 is 24.1 Å². The number of ether oxygens (including phenoxy) is 4. The van der Waals surface area contributed by atoms with Gasteiger partial charge in [0, 0.05) is 24.8 Å². The van der Waals surface area contributed by atoms with Crippen molar-refractivity contribution in [1.29, 1.82) is 0 Å². The summed E-state index contributed by atoms with van der Waals surface area (Å²) in [4.78, 5) is 33.9. The van der Waals surface area contributed by atoms with Gasteiger partial charge in [-0.2, -0.15) is 0 Å². The van der Waals surface area contributed by atoms with E-state index in [-0.39, 0.29) is 0 Å². The van der Waals surface area contributed by atoms with Gasteiger partial charge in [-0.3, -0.25) is 14.4 Å². The molecule has 1 N–H and O–H groups in total. The van der Waals surface area contributed by atoms with E-state index >= 15 is 0 Å². The van der Waals surface area contributed by atoms with Gasteiger partial charge in [-0.25, -0.2) is 0 Å². The van der Waals surface area contributed by atoms with E-state index in [1.54, 1.807) is 0 Å². The number of aliphatic hydroxyl groups excluding tert-OH is 1. The number of alkyl halides is 1. The molecule has 0 amide bonds. The van der Waals surface area contributed by atoms with Crippen LogP contribution in [0.4, 0.5) is 0 Å². The molecule has 0 spiro atoms. The van der Waals surface area contributed by atoms with E-state index in [0.717, 1.165) is 0 Å². The zero-order valence-electron chi connectivity index (χ0n) is 13.9. The van der Waals surface area contributed by atoms with Crippen LogP contribution in [0, 0.1) is 0 Å². The van der Waals surface area contributed by atoms with Crippen LogP contribution in [0.5, 0.6) is 0 Å². The molecule has 1 aliphatic heterocycles. The Balaban J connectivity index is 2.97. The minimum absolute atomic E-state index is 0.474. The molecule has 0 aliphatic carbocycles. The molecule has 1 saturated heterocycles. The quantitative estimate of drug-likeness (QED) is 0.427. The molecule has 0 radical (unpaired) electrons. The van der Waals surface area contributed by atoms with E-state index in [1.807, 2.05) is 0 Å². The minimum atomic E-state index is -1.58. The number of aliphatic hydroxyl groups is 1. The fourth-order valence-electron chi connectivity index (χ4n) is 1.77. The summed E-state index contributed by atoms with van der Waals surface area (Å²) in [6.07, 6.45) is -5.63. The van der Waals surface area contributed by atoms with Gasteiger partial charge in [-0.1, -0.05) is 11.6 Å². The molecule has 0 aromatic rings. The molecule has 21 heavy (non-hydrogen) atoms. The van der Waals surface area contributed by atoms with Gasteiger partial charge in [-0.05, 0) is 0 Å². The Bertz CT molecular complexity index is 466. The lowest BCUT2D eigenvalue weighted by atomic mass is 9.99. The van der Waals surface area contributed by atoms with Gasteiger partial charge in [0.15, 0.2) is 17.8 Å². The highest BCUT2D eigenvalue weighted by Gasteiger charge is 2.49. The van der Waals surface area contributed by atoms with Crippen LogP contribution in [-0.4, -0.2) is 59.6 Å². The van der Waals surface area contributed by atoms with Gasteiger partial charge in [0.1, 0.15) is 18.8 Å². The molecule has 1 fully saturated rings. The smallest absolute Gasteiger partial charge is 0.303 e. The molecule has 120 valence electrons. The first-order chi connectivity index (χ1) is 11.3. The average molecular weight is 328 g/mol. The van der Waals surface area contributed by atoms with Crippen molar-refractivity contribution in [3.63, 3.8) is 0 Å². The molecule has 1 rings (SSSR count). The van der Waals surface area contributed by atoms with Gasteiger partial charge in [0.05, 0.1) is 0 Å². The summed E-state index contributed by atoms with van der Waals surface area (Å²) in [5.41, 5.74) is -1.36. The van der Waals surface area contributed by atoms with Crippen LogP contribution in [0.2, 0.25) is 0 Å². The van der Waals surface area contributed by atoms with E-state index in [0.29, 0.717) is 0 Å². The second-order valence-electron chi connectivity index (χ2n) is 4.11. The van der Waals surface area contributed by atoms with Crippen molar-refractivity contribution in [2.24, 2.45) is 0 Å². The predicted octanol–water partition coefficient (Wildman–Crippen LogP) is -0.263. The van der Waals surface area contributed by atoms with Crippen LogP contribution in [0.1, 0.15) is 24.8 Å². The fourth-order valence-corrected chi connectivity index (χ4v) is 2.05. The molecule has 1 unspecified atom stereocenters. The summed E-state index contributed by atoms with van der Waals surface area (Å²) in [6, 6.07) is 0. The SMILES string of the molecule is [2H]CC(=O)OC[C@H]1OC(Cl)[C@H](O)[C@@H](OC(=O)C[2H])[C@@H]1OC(=O)C[2H]. The Morgan fingerprint density at radius 2 is 1.71 bits per heavy atom. The highest BCUT2D eigenvalue weighted by molar-refractivity contribution is 6.20. The summed E-state index contributed by atoms with van der Waals surface area (Å²) in [7, 11) is 0. The van der Waals surface area contributed by atoms with Crippen molar-refractivity contribution in [1.82, 2.24) is 0 Å². The summed E-state index contributed by atoms with van der Waals surface area (Å²) >= 11 is 5.80. The Morgan fingerprint density at radius 1 is 1.14 bits per heavy atom. The minimum Gasteiger partial charge on any atom is -0.463 e. The number of carbonyl (C=O) groups excluding carboxylic acids is 3. The van der Waals surface area contributed by atoms with Crippen LogP contribution in [0.25, 0.3) is 0 Å². The average Bonchev–Trinajstić information content (AvgIpc) is 2.58. The fraction of sp³-hybridized carbons (Fsp3) is 0.750. The topological polar surface area (TPSA) is 108 Å². The molecular weight excluding hydrogens is 308 g/mol. The maximum atomic E-state index is 11.4. The van der Waals surface area contributed by atoms with E-state index in [1.165, 1.54) is 0 Å². The number of hydrogen-bond donors (Lipinski definition) is 1. The summed E-state index contributed by atoms with van der Waals surface area (Å²) in [5.74, 6) is -2.87. The lowest BCUT2D eigenvalue weighted by Crippen LogP contribution is -2.60. The third-order valence-electron chi connectivity index (χ3n) is 2.54. The summed E-state index contributed by atoms with van der Waals surface area (Å²) in [5, 5.41) is 10.0. The van der Waals surface area contributed by atoms with E-state index in [2.05, 4.69) is 0 Å². The Labute approximate surface area is 130 Å². The number of rotatable bonds is 4. The third kappa shape index (κ3) is 5.14. The van der Waals surface area contributed by atoms with Gasteiger partial charge in [0.2, 0.25) is 0 Å². The molecule has 8 nitrogen and oxygen atoms in total. The van der Waals surface area contributed by atoms with Crippen molar-refractivity contribution in [2.75, 3.05) is 6.61 Å². The molecule has 0 aromatic heterocycles. The number of carbonyl (C=O) groups is 3. The molecule has 0 saturated carbocycles. The Morgan fingerprint density at radius 3 is 2.29 bits per heavy atom. The van der Waals surface area contributed by atoms with Gasteiger partial charge in [0.25, 0.3) is 0 Å². The standard InChI is InChI=1S/C12H17ClO8/c1-5(14)18-4-8-10(19-6(2)15)11(20-7(3)16)9(17)12(13)21-8/h8-12,17H,4H2,1-3H3/t8-,9-,10-,11-,12?/m1/s1/i1D,2D,3D. The highest BCUT2D eigenvalue weighted by Crippen LogP contribution is 2.28. The first-order valence-electron chi connectivity index (χ1n) is 7.86. The van der Waals surface area contributed by atoms with Crippen molar-refractivity contribution in [3.05, 3.63) is 0 Å². The van der Waals surface area contributed by atoms with Crippen LogP contribution in [0.15, 0.2) is 0 Å². The monoisotopic (exact) mass is 327 g/mol. The normalized spacial score (nSPS) is 34.0. The zero-order chi connectivity index (χ0) is 18.3. The summed E-state index contributed by atoms with van der Waals surface area (Å²) < 4.78 is 40.6. The largest absolute Gasteiger partial charge is 0.463 e. The maximum Gasteiger partial charge on any atom is 0.303 e. The lowest BCUT2D eigenvalue weighted by molar-refractivity contribution is -0.232. The van der Waals surface area contributed by atoms with Crippen molar-refractivity contribution >= 4 is 29.5 Å². The maximum absolute atomic E-state index is 11.4. The predicted molar refractivity (Wildman–Crippen MR) is 68.3 cm³/mol. The number of hydrogen-bond acceptors (Lipinski definition) is 8. The second-order valence-corrected chi connectivity index (χ2v) is 4.54. The third-order valence-corrected chi connectivity index (χ3v) is 2.90. The molecule has 1 heterocycles. The van der Waals surface area contributed by atoms with Crippen LogP contribution in [0.3, 0.4) is 0 Å². The van der Waals surface area contributed by atoms with E-state index in [4.69, 9.17) is 34.7 Å². The van der Waals surface area contributed by atoms with Crippen LogP contribution >= 0.6 is 11.6 Å². The Kier molecular flexibility index (Phi) is 4.80.